The van der Waals surface area contributed by atoms with Gasteiger partial charge in [0.25, 0.3) is 0 Å². The Hall–Kier alpha value is -1.46. The molecule has 0 unspecified atom stereocenters. The van der Waals surface area contributed by atoms with Crippen molar-refractivity contribution in [1.82, 2.24) is 0 Å². The summed E-state index contributed by atoms with van der Waals surface area (Å²) >= 11 is 0. The zero-order valence-electron chi connectivity index (χ0n) is 11.7. The lowest BCUT2D eigenvalue weighted by molar-refractivity contribution is -0.226. The Balaban J connectivity index is 1.58. The molecule has 6 heteroatoms. The monoisotopic (exact) mass is 286 g/mol. The Morgan fingerprint density at radius 3 is 1.30 bits per heavy atom. The van der Waals surface area contributed by atoms with Crippen LogP contribution >= 0.6 is 0 Å². The maximum absolute atomic E-state index is 11.3. The summed E-state index contributed by atoms with van der Waals surface area (Å²) in [5.74, 6) is 0. The van der Waals surface area contributed by atoms with E-state index in [0.717, 1.165) is 51.4 Å². The standard InChI is InChI=1S/C14H22O6/c15-13(17-11-7-3-1-4-8-11)19-20-14(16)18-12-9-5-2-6-10-12/h11-12H,1-10H2. The molecule has 114 valence electrons. The Labute approximate surface area is 118 Å². The van der Waals surface area contributed by atoms with E-state index in [-0.39, 0.29) is 12.2 Å². The minimum atomic E-state index is -0.975. The van der Waals surface area contributed by atoms with Crippen LogP contribution in [0.25, 0.3) is 0 Å². The second-order valence-electron chi connectivity index (χ2n) is 5.42. The molecule has 0 bridgehead atoms. The molecule has 2 aliphatic rings. The maximum Gasteiger partial charge on any atom is 0.550 e. The van der Waals surface area contributed by atoms with Crippen LogP contribution in [0.15, 0.2) is 0 Å². The normalized spacial score (nSPS) is 21.0. The first kappa shape index (κ1) is 14.9. The third kappa shape index (κ3) is 5.27. The molecule has 0 aromatic rings. The molecule has 0 aromatic carbocycles. The number of hydrogen-bond acceptors (Lipinski definition) is 6. The highest BCUT2D eigenvalue weighted by atomic mass is 17.3. The van der Waals surface area contributed by atoms with E-state index in [2.05, 4.69) is 9.78 Å². The molecule has 0 spiro atoms. The summed E-state index contributed by atoms with van der Waals surface area (Å²) < 4.78 is 10.1. The van der Waals surface area contributed by atoms with Gasteiger partial charge in [0.2, 0.25) is 0 Å². The number of ether oxygens (including phenoxy) is 2. The van der Waals surface area contributed by atoms with Gasteiger partial charge in [-0.1, -0.05) is 12.8 Å². The second kappa shape index (κ2) is 7.97. The molecule has 2 aliphatic carbocycles. The van der Waals surface area contributed by atoms with E-state index < -0.39 is 12.3 Å². The third-order valence-electron chi connectivity index (χ3n) is 3.81. The molecule has 0 aromatic heterocycles. The predicted octanol–water partition coefficient (Wildman–Crippen LogP) is 3.87. The molecular weight excluding hydrogens is 264 g/mol. The lowest BCUT2D eigenvalue weighted by Gasteiger charge is -2.21. The summed E-state index contributed by atoms with van der Waals surface area (Å²) in [4.78, 5) is 31.3. The van der Waals surface area contributed by atoms with Crippen LogP contribution in [-0.2, 0) is 19.2 Å². The summed E-state index contributed by atoms with van der Waals surface area (Å²) in [6.45, 7) is 0. The van der Waals surface area contributed by atoms with Gasteiger partial charge in [-0.2, -0.15) is 19.4 Å². The molecule has 0 heterocycles. The Morgan fingerprint density at radius 1 is 0.600 bits per heavy atom. The molecule has 20 heavy (non-hydrogen) atoms. The van der Waals surface area contributed by atoms with Crippen LogP contribution in [0.1, 0.15) is 64.2 Å². The highest BCUT2D eigenvalue weighted by molar-refractivity contribution is 5.63. The minimum absolute atomic E-state index is 0.130. The van der Waals surface area contributed by atoms with Crippen LogP contribution in [0.4, 0.5) is 9.59 Å². The van der Waals surface area contributed by atoms with Crippen LogP contribution in [0.5, 0.6) is 0 Å². The van der Waals surface area contributed by atoms with Gasteiger partial charge in [-0.15, -0.1) is 0 Å². The first-order valence-electron chi connectivity index (χ1n) is 7.50. The first-order chi connectivity index (χ1) is 9.74. The Kier molecular flexibility index (Phi) is 5.95. The van der Waals surface area contributed by atoms with Crippen molar-refractivity contribution >= 4 is 12.3 Å². The fourth-order valence-electron chi connectivity index (χ4n) is 2.75. The van der Waals surface area contributed by atoms with E-state index in [0.29, 0.717) is 0 Å². The van der Waals surface area contributed by atoms with E-state index in [4.69, 9.17) is 9.47 Å². The average Bonchev–Trinajstić information content (AvgIpc) is 2.47. The fourth-order valence-corrected chi connectivity index (χ4v) is 2.75. The molecule has 2 saturated carbocycles. The van der Waals surface area contributed by atoms with E-state index in [1.165, 1.54) is 12.8 Å². The third-order valence-corrected chi connectivity index (χ3v) is 3.81. The molecular formula is C14H22O6. The molecule has 0 amide bonds. The highest BCUT2D eigenvalue weighted by Gasteiger charge is 2.23. The lowest BCUT2D eigenvalue weighted by atomic mass is 9.98. The van der Waals surface area contributed by atoms with E-state index >= 15 is 0 Å². The van der Waals surface area contributed by atoms with Crippen LogP contribution in [0.3, 0.4) is 0 Å². The van der Waals surface area contributed by atoms with E-state index in [9.17, 15) is 9.59 Å². The van der Waals surface area contributed by atoms with Crippen LogP contribution in [0.2, 0.25) is 0 Å². The molecule has 0 radical (unpaired) electrons. The molecule has 2 fully saturated rings. The van der Waals surface area contributed by atoms with Crippen molar-refractivity contribution in [2.45, 2.75) is 76.4 Å². The minimum Gasteiger partial charge on any atom is -0.428 e. The Bertz CT molecular complexity index is 286. The summed E-state index contributed by atoms with van der Waals surface area (Å²) in [7, 11) is 0. The van der Waals surface area contributed by atoms with Gasteiger partial charge < -0.3 is 9.47 Å². The fraction of sp³-hybridized carbons (Fsp3) is 0.857. The van der Waals surface area contributed by atoms with Crippen molar-refractivity contribution in [3.05, 3.63) is 0 Å². The van der Waals surface area contributed by atoms with Gasteiger partial charge in [-0.3, -0.25) is 0 Å². The van der Waals surface area contributed by atoms with Crippen molar-refractivity contribution in [3.8, 4) is 0 Å². The van der Waals surface area contributed by atoms with E-state index in [1.807, 2.05) is 0 Å². The Morgan fingerprint density at radius 2 is 0.950 bits per heavy atom. The zero-order valence-corrected chi connectivity index (χ0v) is 11.7. The van der Waals surface area contributed by atoms with Crippen molar-refractivity contribution in [3.63, 3.8) is 0 Å². The number of carbonyl (C=O) groups is 2. The molecule has 0 saturated heterocycles. The van der Waals surface area contributed by atoms with Gasteiger partial charge in [-0.05, 0) is 51.4 Å². The zero-order chi connectivity index (χ0) is 14.2. The summed E-state index contributed by atoms with van der Waals surface area (Å²) in [6, 6.07) is 0. The lowest BCUT2D eigenvalue weighted by Crippen LogP contribution is -2.25. The smallest absolute Gasteiger partial charge is 0.428 e. The number of hydrogen-bond donors (Lipinski definition) is 0. The van der Waals surface area contributed by atoms with Gasteiger partial charge in [0.05, 0.1) is 0 Å². The maximum atomic E-state index is 11.3. The van der Waals surface area contributed by atoms with Crippen molar-refractivity contribution in [1.29, 1.82) is 0 Å². The summed E-state index contributed by atoms with van der Waals surface area (Å²) in [5, 5.41) is 0. The van der Waals surface area contributed by atoms with Gasteiger partial charge in [-0.25, -0.2) is 0 Å². The molecule has 0 N–H and O–H groups in total. The van der Waals surface area contributed by atoms with Gasteiger partial charge in [0.15, 0.2) is 0 Å². The number of carbonyl (C=O) groups excluding carboxylic acids is 2. The van der Waals surface area contributed by atoms with Crippen LogP contribution < -0.4 is 0 Å². The quantitative estimate of drug-likeness (QED) is 0.436. The largest absolute Gasteiger partial charge is 0.550 e. The summed E-state index contributed by atoms with van der Waals surface area (Å²) in [6.07, 6.45) is 7.64. The van der Waals surface area contributed by atoms with Crippen molar-refractivity contribution < 1.29 is 28.8 Å². The second-order valence-corrected chi connectivity index (χ2v) is 5.42. The van der Waals surface area contributed by atoms with Gasteiger partial charge in [0.1, 0.15) is 12.2 Å². The van der Waals surface area contributed by atoms with Crippen LogP contribution in [0, 0.1) is 0 Å². The summed E-state index contributed by atoms with van der Waals surface area (Å²) in [5.41, 5.74) is 0. The average molecular weight is 286 g/mol. The highest BCUT2D eigenvalue weighted by Crippen LogP contribution is 2.22. The molecule has 2 rings (SSSR count). The van der Waals surface area contributed by atoms with E-state index in [1.54, 1.807) is 0 Å². The van der Waals surface area contributed by atoms with Crippen molar-refractivity contribution in [2.24, 2.45) is 0 Å². The molecule has 0 atom stereocenters. The molecule has 0 aliphatic heterocycles. The van der Waals surface area contributed by atoms with Gasteiger partial charge in [0, 0.05) is 0 Å². The first-order valence-corrected chi connectivity index (χ1v) is 7.50. The predicted molar refractivity (Wildman–Crippen MR) is 68.9 cm³/mol. The van der Waals surface area contributed by atoms with Crippen LogP contribution in [-0.4, -0.2) is 24.5 Å². The van der Waals surface area contributed by atoms with Gasteiger partial charge >= 0.3 is 12.3 Å². The topological polar surface area (TPSA) is 71.1 Å². The van der Waals surface area contributed by atoms with Crippen molar-refractivity contribution in [2.75, 3.05) is 0 Å². The SMILES string of the molecule is O=C(OOC(=O)OC1CCCCC1)OC1CCCCC1. The molecule has 6 nitrogen and oxygen atoms in total. The number of rotatable bonds is 2.